The number of carbonyl (C=O) groups excluding carboxylic acids is 1. The number of carbonyl (C=O) groups is 1. The van der Waals surface area contributed by atoms with Crippen LogP contribution < -0.4 is 15.4 Å². The van der Waals surface area contributed by atoms with E-state index in [1.807, 2.05) is 26.1 Å². The van der Waals surface area contributed by atoms with Crippen molar-refractivity contribution < 1.29 is 9.53 Å². The number of hydrogen-bond donors (Lipinski definition) is 2. The minimum absolute atomic E-state index is 0. The van der Waals surface area contributed by atoms with Crippen LogP contribution in [0.2, 0.25) is 0 Å². The van der Waals surface area contributed by atoms with Gasteiger partial charge in [-0.3, -0.25) is 4.79 Å². The fourth-order valence-corrected chi connectivity index (χ4v) is 2.09. The molecule has 0 saturated heterocycles. The summed E-state index contributed by atoms with van der Waals surface area (Å²) in [5.41, 5.74) is 1.43. The van der Waals surface area contributed by atoms with Gasteiger partial charge in [-0.05, 0) is 50.0 Å². The monoisotopic (exact) mass is 342 g/mol. The first kappa shape index (κ1) is 21.7. The lowest BCUT2D eigenvalue weighted by atomic mass is 9.87. The Kier molecular flexibility index (Phi) is 9.93. The van der Waals surface area contributed by atoms with Crippen LogP contribution >= 0.6 is 12.4 Å². The lowest BCUT2D eigenvalue weighted by Crippen LogP contribution is -2.36. The maximum atomic E-state index is 11.7. The zero-order valence-electron chi connectivity index (χ0n) is 14.9. The number of ether oxygens (including phenoxy) is 1. The molecule has 0 radical (unpaired) electrons. The molecule has 0 saturated carbocycles. The zero-order chi connectivity index (χ0) is 16.6. The molecule has 23 heavy (non-hydrogen) atoms. The predicted molar refractivity (Wildman–Crippen MR) is 98.7 cm³/mol. The lowest BCUT2D eigenvalue weighted by Gasteiger charge is -2.20. The minimum atomic E-state index is 0. The van der Waals surface area contributed by atoms with Gasteiger partial charge in [-0.2, -0.15) is 0 Å². The van der Waals surface area contributed by atoms with Crippen molar-refractivity contribution in [1.29, 1.82) is 0 Å². The molecule has 0 fully saturated rings. The topological polar surface area (TPSA) is 50.4 Å². The van der Waals surface area contributed by atoms with E-state index in [9.17, 15) is 4.79 Å². The first-order valence-corrected chi connectivity index (χ1v) is 8.00. The summed E-state index contributed by atoms with van der Waals surface area (Å²) in [7, 11) is 1.89. The van der Waals surface area contributed by atoms with Gasteiger partial charge in [-0.25, -0.2) is 0 Å². The Morgan fingerprint density at radius 1 is 1.22 bits per heavy atom. The summed E-state index contributed by atoms with van der Waals surface area (Å²) >= 11 is 0. The van der Waals surface area contributed by atoms with E-state index in [4.69, 9.17) is 4.74 Å². The van der Waals surface area contributed by atoms with Crippen LogP contribution in [0.3, 0.4) is 0 Å². The predicted octanol–water partition coefficient (Wildman–Crippen LogP) is 3.29. The Balaban J connectivity index is 0.00000484. The van der Waals surface area contributed by atoms with Gasteiger partial charge in [-0.1, -0.05) is 32.9 Å². The number of benzene rings is 1. The highest BCUT2D eigenvalue weighted by Crippen LogP contribution is 2.24. The highest BCUT2D eigenvalue weighted by molar-refractivity contribution is 5.85. The standard InChI is InChI=1S/C18H30N2O2.ClH/c1-14(20-17(21)7-6-12-19-5)13-22-16-10-8-15(9-11-16)18(2,3)4;/h8-11,14,19H,6-7,12-13H2,1-5H3,(H,20,21);1H. The van der Waals surface area contributed by atoms with Crippen molar-refractivity contribution in [2.45, 2.75) is 52.0 Å². The molecule has 1 atom stereocenters. The van der Waals surface area contributed by atoms with E-state index in [0.29, 0.717) is 13.0 Å². The van der Waals surface area contributed by atoms with Gasteiger partial charge in [0.15, 0.2) is 0 Å². The number of hydrogen-bond acceptors (Lipinski definition) is 3. The Bertz CT molecular complexity index is 455. The van der Waals surface area contributed by atoms with Crippen LogP contribution in [0.15, 0.2) is 24.3 Å². The highest BCUT2D eigenvalue weighted by atomic mass is 35.5. The molecule has 4 nitrogen and oxygen atoms in total. The van der Waals surface area contributed by atoms with Crippen LogP contribution in [0.1, 0.15) is 46.1 Å². The molecule has 1 amide bonds. The van der Waals surface area contributed by atoms with E-state index in [1.54, 1.807) is 0 Å². The van der Waals surface area contributed by atoms with Crippen molar-refractivity contribution in [2.24, 2.45) is 0 Å². The fourth-order valence-electron chi connectivity index (χ4n) is 2.09. The van der Waals surface area contributed by atoms with Gasteiger partial charge in [0.1, 0.15) is 12.4 Å². The molecule has 0 heterocycles. The molecular weight excluding hydrogens is 312 g/mol. The van der Waals surface area contributed by atoms with E-state index in [2.05, 4.69) is 43.5 Å². The quantitative estimate of drug-likeness (QED) is 0.713. The molecule has 132 valence electrons. The molecule has 1 unspecified atom stereocenters. The zero-order valence-corrected chi connectivity index (χ0v) is 15.8. The van der Waals surface area contributed by atoms with Crippen LogP contribution in [0.4, 0.5) is 0 Å². The van der Waals surface area contributed by atoms with Crippen molar-refractivity contribution in [3.8, 4) is 5.75 Å². The molecule has 0 spiro atoms. The third-order valence-corrected chi connectivity index (χ3v) is 3.46. The Labute approximate surface area is 146 Å². The van der Waals surface area contributed by atoms with Gasteiger partial charge < -0.3 is 15.4 Å². The van der Waals surface area contributed by atoms with E-state index in [1.165, 1.54) is 5.56 Å². The van der Waals surface area contributed by atoms with Gasteiger partial charge >= 0.3 is 0 Å². The van der Waals surface area contributed by atoms with E-state index < -0.39 is 0 Å². The Hall–Kier alpha value is -1.26. The fraction of sp³-hybridized carbons (Fsp3) is 0.611. The van der Waals surface area contributed by atoms with E-state index in [0.717, 1.165) is 18.7 Å². The molecular formula is C18H31ClN2O2. The number of nitrogens with one attached hydrogen (secondary N) is 2. The number of rotatable bonds is 8. The second kappa shape index (κ2) is 10.5. The average Bonchev–Trinajstić information content (AvgIpc) is 2.45. The van der Waals surface area contributed by atoms with Gasteiger partial charge in [0, 0.05) is 6.42 Å². The average molecular weight is 343 g/mol. The molecule has 0 bridgehead atoms. The van der Waals surface area contributed by atoms with Crippen molar-refractivity contribution in [3.05, 3.63) is 29.8 Å². The van der Waals surface area contributed by atoms with Crippen LogP contribution in [-0.4, -0.2) is 32.1 Å². The second-order valence-corrected chi connectivity index (χ2v) is 6.76. The molecule has 5 heteroatoms. The molecule has 1 aromatic rings. The van der Waals surface area contributed by atoms with Crippen LogP contribution in [0, 0.1) is 0 Å². The van der Waals surface area contributed by atoms with E-state index in [-0.39, 0.29) is 29.8 Å². The summed E-state index contributed by atoms with van der Waals surface area (Å²) in [5, 5.41) is 5.99. The maximum absolute atomic E-state index is 11.7. The Morgan fingerprint density at radius 3 is 2.35 bits per heavy atom. The smallest absolute Gasteiger partial charge is 0.220 e. The van der Waals surface area contributed by atoms with Crippen LogP contribution in [0.25, 0.3) is 0 Å². The SMILES string of the molecule is CNCCCC(=O)NC(C)COc1ccc(C(C)(C)C)cc1.Cl. The molecule has 1 rings (SSSR count). The third-order valence-electron chi connectivity index (χ3n) is 3.46. The summed E-state index contributed by atoms with van der Waals surface area (Å²) in [6.07, 6.45) is 1.40. The first-order valence-electron chi connectivity index (χ1n) is 8.00. The minimum Gasteiger partial charge on any atom is -0.491 e. The summed E-state index contributed by atoms with van der Waals surface area (Å²) in [6.45, 7) is 9.86. The van der Waals surface area contributed by atoms with Gasteiger partial charge in [0.25, 0.3) is 0 Å². The molecule has 2 N–H and O–H groups in total. The van der Waals surface area contributed by atoms with Crippen molar-refractivity contribution in [3.63, 3.8) is 0 Å². The molecule has 0 aromatic heterocycles. The first-order chi connectivity index (χ1) is 10.3. The van der Waals surface area contributed by atoms with Crippen molar-refractivity contribution in [1.82, 2.24) is 10.6 Å². The summed E-state index contributed by atoms with van der Waals surface area (Å²) in [4.78, 5) is 11.7. The van der Waals surface area contributed by atoms with Crippen molar-refractivity contribution in [2.75, 3.05) is 20.2 Å². The van der Waals surface area contributed by atoms with Gasteiger partial charge in [0.05, 0.1) is 6.04 Å². The number of amides is 1. The highest BCUT2D eigenvalue weighted by Gasteiger charge is 2.13. The van der Waals surface area contributed by atoms with Crippen molar-refractivity contribution >= 4 is 18.3 Å². The summed E-state index contributed by atoms with van der Waals surface area (Å²) in [5.74, 6) is 0.915. The van der Waals surface area contributed by atoms with Gasteiger partial charge in [0.2, 0.25) is 5.91 Å². The van der Waals surface area contributed by atoms with Crippen LogP contribution in [-0.2, 0) is 10.2 Å². The van der Waals surface area contributed by atoms with E-state index >= 15 is 0 Å². The summed E-state index contributed by atoms with van der Waals surface area (Å²) < 4.78 is 5.73. The Morgan fingerprint density at radius 2 is 1.83 bits per heavy atom. The van der Waals surface area contributed by atoms with Crippen LogP contribution in [0.5, 0.6) is 5.75 Å². The summed E-state index contributed by atoms with van der Waals surface area (Å²) in [6, 6.07) is 8.17. The second-order valence-electron chi connectivity index (χ2n) is 6.76. The normalized spacial score (nSPS) is 12.2. The van der Waals surface area contributed by atoms with Gasteiger partial charge in [-0.15, -0.1) is 12.4 Å². The third kappa shape index (κ3) is 8.82. The molecule has 0 aliphatic heterocycles. The molecule has 0 aliphatic rings. The number of halogens is 1. The molecule has 0 aliphatic carbocycles. The lowest BCUT2D eigenvalue weighted by molar-refractivity contribution is -0.121. The largest absolute Gasteiger partial charge is 0.491 e. The maximum Gasteiger partial charge on any atom is 0.220 e. The molecule has 1 aromatic carbocycles.